The third-order valence-electron chi connectivity index (χ3n) is 4.43. The molecule has 1 amide bonds. The highest BCUT2D eigenvalue weighted by Gasteiger charge is 2.27. The van der Waals surface area contributed by atoms with Crippen LogP contribution in [0.4, 0.5) is 0 Å². The third-order valence-corrected chi connectivity index (χ3v) is 5.47. The number of carbonyl (C=O) groups is 1. The van der Waals surface area contributed by atoms with Crippen molar-refractivity contribution in [3.8, 4) is 5.75 Å². The number of ether oxygens (including phenoxy) is 1. The number of rotatable bonds is 4. The Kier molecular flexibility index (Phi) is 5.07. The highest BCUT2D eigenvalue weighted by molar-refractivity contribution is 8.18. The zero-order valence-corrected chi connectivity index (χ0v) is 15.2. The molecule has 0 saturated carbocycles. The summed E-state index contributed by atoms with van der Waals surface area (Å²) < 4.78 is 5.98. The lowest BCUT2D eigenvalue weighted by Crippen LogP contribution is -2.23. The summed E-state index contributed by atoms with van der Waals surface area (Å²) in [5, 5.41) is 0.835. The van der Waals surface area contributed by atoms with Gasteiger partial charge in [-0.25, -0.2) is 0 Å². The van der Waals surface area contributed by atoms with E-state index in [0.717, 1.165) is 35.1 Å². The molecule has 0 unspecified atom stereocenters. The Morgan fingerprint density at radius 3 is 2.58 bits per heavy atom. The van der Waals surface area contributed by atoms with Crippen molar-refractivity contribution in [3.05, 3.63) is 70.6 Å². The van der Waals surface area contributed by atoms with Crippen molar-refractivity contribution in [2.45, 2.75) is 19.4 Å². The lowest BCUT2D eigenvalue weighted by molar-refractivity contribution is -0.113. The SMILES string of the molecule is O=C1N=C(N2CCCC2)S/C1=C/c1ccccc1OCc1ccccc1. The Morgan fingerprint density at radius 2 is 1.77 bits per heavy atom. The molecule has 132 valence electrons. The number of hydrogen-bond acceptors (Lipinski definition) is 4. The average Bonchev–Trinajstić information content (AvgIpc) is 3.32. The summed E-state index contributed by atoms with van der Waals surface area (Å²) in [6, 6.07) is 17.8. The summed E-state index contributed by atoms with van der Waals surface area (Å²) in [6.07, 6.45) is 4.23. The predicted octanol–water partition coefficient (Wildman–Crippen LogP) is 4.33. The van der Waals surface area contributed by atoms with E-state index in [0.29, 0.717) is 11.5 Å². The van der Waals surface area contributed by atoms with Gasteiger partial charge in [-0.1, -0.05) is 48.5 Å². The first-order valence-corrected chi connectivity index (χ1v) is 9.64. The van der Waals surface area contributed by atoms with Gasteiger partial charge in [0, 0.05) is 18.7 Å². The summed E-state index contributed by atoms with van der Waals surface area (Å²) in [5.74, 6) is 0.613. The number of nitrogens with zero attached hydrogens (tertiary/aromatic N) is 2. The number of amides is 1. The first-order valence-electron chi connectivity index (χ1n) is 8.83. The van der Waals surface area contributed by atoms with Gasteiger partial charge in [0.15, 0.2) is 5.17 Å². The number of likely N-dealkylation sites (tertiary alicyclic amines) is 1. The van der Waals surface area contributed by atoms with Gasteiger partial charge < -0.3 is 9.64 Å². The third kappa shape index (κ3) is 3.83. The van der Waals surface area contributed by atoms with Gasteiger partial charge in [0.1, 0.15) is 12.4 Å². The number of carbonyl (C=O) groups excluding carboxylic acids is 1. The Hall–Kier alpha value is -2.53. The molecule has 2 heterocycles. The monoisotopic (exact) mass is 364 g/mol. The number of aliphatic imine (C=N–C) groups is 1. The maximum atomic E-state index is 12.3. The van der Waals surface area contributed by atoms with Gasteiger partial charge in [-0.2, -0.15) is 4.99 Å². The molecule has 2 aliphatic rings. The molecule has 0 aromatic heterocycles. The van der Waals surface area contributed by atoms with E-state index in [1.165, 1.54) is 24.6 Å². The Morgan fingerprint density at radius 1 is 1.04 bits per heavy atom. The predicted molar refractivity (Wildman–Crippen MR) is 106 cm³/mol. The molecular weight excluding hydrogens is 344 g/mol. The van der Waals surface area contributed by atoms with Gasteiger partial charge in [-0.15, -0.1) is 0 Å². The molecule has 2 aromatic carbocycles. The van der Waals surface area contributed by atoms with E-state index in [2.05, 4.69) is 9.89 Å². The maximum absolute atomic E-state index is 12.3. The zero-order valence-electron chi connectivity index (χ0n) is 14.4. The van der Waals surface area contributed by atoms with Gasteiger partial charge in [0.2, 0.25) is 0 Å². The van der Waals surface area contributed by atoms with Crippen LogP contribution >= 0.6 is 11.8 Å². The molecule has 0 N–H and O–H groups in total. The van der Waals surface area contributed by atoms with E-state index in [1.807, 2.05) is 60.7 Å². The van der Waals surface area contributed by atoms with E-state index in [1.54, 1.807) is 0 Å². The number of hydrogen-bond donors (Lipinski definition) is 0. The lowest BCUT2D eigenvalue weighted by Gasteiger charge is -2.14. The van der Waals surface area contributed by atoms with Gasteiger partial charge in [0.05, 0.1) is 4.91 Å². The molecule has 0 bridgehead atoms. The van der Waals surface area contributed by atoms with Crippen molar-refractivity contribution in [1.82, 2.24) is 4.90 Å². The quantitative estimate of drug-likeness (QED) is 0.757. The minimum absolute atomic E-state index is 0.158. The minimum atomic E-state index is -0.158. The molecular formula is C21H20N2O2S. The number of benzene rings is 2. The molecule has 4 nitrogen and oxygen atoms in total. The first kappa shape index (κ1) is 16.9. The minimum Gasteiger partial charge on any atom is -0.488 e. The van der Waals surface area contributed by atoms with Crippen molar-refractivity contribution >= 4 is 28.9 Å². The van der Waals surface area contributed by atoms with E-state index < -0.39 is 0 Å². The molecule has 4 rings (SSSR count). The second-order valence-electron chi connectivity index (χ2n) is 6.32. The van der Waals surface area contributed by atoms with Gasteiger partial charge in [-0.3, -0.25) is 4.79 Å². The molecule has 26 heavy (non-hydrogen) atoms. The van der Waals surface area contributed by atoms with Crippen molar-refractivity contribution in [1.29, 1.82) is 0 Å². The van der Waals surface area contributed by atoms with Gasteiger partial charge in [-0.05, 0) is 42.3 Å². The highest BCUT2D eigenvalue weighted by Crippen LogP contribution is 2.33. The molecule has 5 heteroatoms. The van der Waals surface area contributed by atoms with Crippen molar-refractivity contribution in [2.75, 3.05) is 13.1 Å². The van der Waals surface area contributed by atoms with Gasteiger partial charge >= 0.3 is 0 Å². The zero-order chi connectivity index (χ0) is 17.8. The van der Waals surface area contributed by atoms with Crippen LogP contribution in [-0.2, 0) is 11.4 Å². The molecule has 2 aliphatic heterocycles. The average molecular weight is 364 g/mol. The van der Waals surface area contributed by atoms with E-state index in [-0.39, 0.29) is 5.91 Å². The van der Waals surface area contributed by atoms with Crippen LogP contribution in [-0.4, -0.2) is 29.1 Å². The lowest BCUT2D eigenvalue weighted by atomic mass is 10.2. The smallest absolute Gasteiger partial charge is 0.286 e. The van der Waals surface area contributed by atoms with Crippen LogP contribution in [0.25, 0.3) is 6.08 Å². The molecule has 0 spiro atoms. The molecule has 1 fully saturated rings. The fourth-order valence-corrected chi connectivity index (χ4v) is 4.01. The van der Waals surface area contributed by atoms with Crippen LogP contribution in [0.5, 0.6) is 5.75 Å². The summed E-state index contributed by atoms with van der Waals surface area (Å²) in [5.41, 5.74) is 2.01. The summed E-state index contributed by atoms with van der Waals surface area (Å²) in [7, 11) is 0. The summed E-state index contributed by atoms with van der Waals surface area (Å²) >= 11 is 1.47. The largest absolute Gasteiger partial charge is 0.488 e. The second-order valence-corrected chi connectivity index (χ2v) is 7.33. The first-order chi connectivity index (χ1) is 12.8. The number of para-hydroxylation sites is 1. The molecule has 0 aliphatic carbocycles. The van der Waals surface area contributed by atoms with Crippen molar-refractivity contribution < 1.29 is 9.53 Å². The van der Waals surface area contributed by atoms with Crippen LogP contribution in [0.3, 0.4) is 0 Å². The van der Waals surface area contributed by atoms with Crippen LogP contribution in [0.15, 0.2) is 64.5 Å². The van der Waals surface area contributed by atoms with E-state index in [9.17, 15) is 4.79 Å². The maximum Gasteiger partial charge on any atom is 0.286 e. The highest BCUT2D eigenvalue weighted by atomic mass is 32.2. The van der Waals surface area contributed by atoms with Gasteiger partial charge in [0.25, 0.3) is 5.91 Å². The van der Waals surface area contributed by atoms with Crippen LogP contribution in [0, 0.1) is 0 Å². The van der Waals surface area contributed by atoms with E-state index >= 15 is 0 Å². The normalized spacial score (nSPS) is 18.5. The molecule has 1 saturated heterocycles. The molecule has 2 aromatic rings. The van der Waals surface area contributed by atoms with Crippen LogP contribution in [0.1, 0.15) is 24.0 Å². The van der Waals surface area contributed by atoms with Crippen molar-refractivity contribution in [3.63, 3.8) is 0 Å². The van der Waals surface area contributed by atoms with Crippen LogP contribution in [0.2, 0.25) is 0 Å². The Bertz CT molecular complexity index is 855. The second kappa shape index (κ2) is 7.79. The van der Waals surface area contributed by atoms with Crippen LogP contribution < -0.4 is 4.74 Å². The van der Waals surface area contributed by atoms with Crippen molar-refractivity contribution in [2.24, 2.45) is 4.99 Å². The summed E-state index contributed by atoms with van der Waals surface area (Å²) in [4.78, 5) is 19.4. The number of amidine groups is 1. The topological polar surface area (TPSA) is 41.9 Å². The summed E-state index contributed by atoms with van der Waals surface area (Å²) in [6.45, 7) is 2.48. The molecule has 0 atom stereocenters. The fraction of sp³-hybridized carbons (Fsp3) is 0.238. The number of thioether (sulfide) groups is 1. The fourth-order valence-electron chi connectivity index (χ4n) is 3.05. The Labute approximate surface area is 157 Å². The molecule has 0 radical (unpaired) electrons. The Balaban J connectivity index is 1.50. The van der Waals surface area contributed by atoms with E-state index in [4.69, 9.17) is 4.74 Å². The standard InChI is InChI=1S/C21H20N2O2S/c24-20-19(26-21(22-20)23-12-6-7-13-23)14-17-10-4-5-11-18(17)25-15-16-8-2-1-3-9-16/h1-5,8-11,14H,6-7,12-13,15H2/b19-14+.